The number of nitrogens with one attached hydrogen (secondary N) is 2. The number of hydrazine groups is 1. The van der Waals surface area contributed by atoms with Gasteiger partial charge in [-0.3, -0.25) is 10.2 Å². The molecule has 1 aromatic heterocycles. The fraction of sp³-hybridized carbons (Fsp3) is 0.333. The number of ether oxygens (including phenoxy) is 1. The van der Waals surface area contributed by atoms with Crippen LogP contribution in [0.15, 0.2) is 24.7 Å². The highest BCUT2D eigenvalue weighted by atomic mass is 35.5. The van der Waals surface area contributed by atoms with Crippen LogP contribution in [0.2, 0.25) is 5.02 Å². The van der Waals surface area contributed by atoms with Crippen LogP contribution in [0.25, 0.3) is 11.3 Å². The molecule has 26 heavy (non-hydrogen) atoms. The summed E-state index contributed by atoms with van der Waals surface area (Å²) in [5.41, 5.74) is 2.53. The predicted octanol–water partition coefficient (Wildman–Crippen LogP) is 1.23. The SMILES string of the molecule is Cn1cnc(-c2cc(Cl)c(F)c(C(=O)NNS(=O)(=O)C3CCOC3)c2)c1. The van der Waals surface area contributed by atoms with E-state index in [4.69, 9.17) is 16.3 Å². The third-order valence-electron chi connectivity index (χ3n) is 3.91. The van der Waals surface area contributed by atoms with Crippen molar-refractivity contribution in [3.63, 3.8) is 0 Å². The lowest BCUT2D eigenvalue weighted by Gasteiger charge is -2.13. The first-order valence-electron chi connectivity index (χ1n) is 7.64. The van der Waals surface area contributed by atoms with E-state index in [2.05, 4.69) is 4.98 Å². The Balaban J connectivity index is 1.81. The molecule has 1 amide bonds. The Kier molecular flexibility index (Phi) is 5.28. The van der Waals surface area contributed by atoms with Crippen molar-refractivity contribution in [3.05, 3.63) is 41.1 Å². The highest BCUT2D eigenvalue weighted by Gasteiger charge is 2.30. The van der Waals surface area contributed by atoms with Crippen molar-refractivity contribution in [1.82, 2.24) is 19.8 Å². The molecule has 1 unspecified atom stereocenters. The van der Waals surface area contributed by atoms with Crippen molar-refractivity contribution in [2.75, 3.05) is 13.2 Å². The molecule has 0 spiro atoms. The summed E-state index contributed by atoms with van der Waals surface area (Å²) >= 11 is 5.87. The van der Waals surface area contributed by atoms with E-state index in [0.29, 0.717) is 24.3 Å². The van der Waals surface area contributed by atoms with Gasteiger partial charge in [0, 0.05) is 25.4 Å². The van der Waals surface area contributed by atoms with Gasteiger partial charge in [0.1, 0.15) is 5.25 Å². The van der Waals surface area contributed by atoms with Crippen LogP contribution in [0.5, 0.6) is 0 Å². The van der Waals surface area contributed by atoms with Crippen molar-refractivity contribution in [3.8, 4) is 11.3 Å². The molecule has 2 N–H and O–H groups in total. The number of hydrogen-bond donors (Lipinski definition) is 2. The summed E-state index contributed by atoms with van der Waals surface area (Å²) in [5, 5.41) is -1.04. The van der Waals surface area contributed by atoms with E-state index in [-0.39, 0.29) is 11.6 Å². The smallest absolute Gasteiger partial charge is 0.269 e. The molecular formula is C15H16ClFN4O4S. The number of hydrogen-bond acceptors (Lipinski definition) is 5. The Morgan fingerprint density at radius 3 is 2.85 bits per heavy atom. The minimum absolute atomic E-state index is 0.0422. The fourth-order valence-corrected chi connectivity index (χ4v) is 3.79. The summed E-state index contributed by atoms with van der Waals surface area (Å²) < 4.78 is 45.1. The number of aryl methyl sites for hydroxylation is 1. The molecule has 0 saturated carbocycles. The number of halogens is 2. The number of benzene rings is 1. The molecule has 1 aliphatic heterocycles. The Hall–Kier alpha value is -2.01. The predicted molar refractivity (Wildman–Crippen MR) is 92.4 cm³/mol. The van der Waals surface area contributed by atoms with Gasteiger partial charge in [0.05, 0.1) is 29.2 Å². The largest absolute Gasteiger partial charge is 0.380 e. The second-order valence-corrected chi connectivity index (χ2v) is 8.20. The number of aromatic nitrogens is 2. The summed E-state index contributed by atoms with van der Waals surface area (Å²) in [4.78, 5) is 18.4. The van der Waals surface area contributed by atoms with E-state index in [1.165, 1.54) is 12.1 Å². The summed E-state index contributed by atoms with van der Waals surface area (Å²) in [6.45, 7) is 0.371. The van der Waals surface area contributed by atoms with Gasteiger partial charge in [-0.05, 0) is 18.6 Å². The summed E-state index contributed by atoms with van der Waals surface area (Å²) in [6, 6.07) is 2.60. The number of nitrogens with zero attached hydrogens (tertiary/aromatic N) is 2. The van der Waals surface area contributed by atoms with E-state index >= 15 is 0 Å². The van der Waals surface area contributed by atoms with Crippen LogP contribution in [0.1, 0.15) is 16.8 Å². The first-order chi connectivity index (χ1) is 12.3. The van der Waals surface area contributed by atoms with E-state index in [1.54, 1.807) is 24.1 Å². The molecule has 0 bridgehead atoms. The molecule has 140 valence electrons. The van der Waals surface area contributed by atoms with Crippen LogP contribution < -0.4 is 10.3 Å². The van der Waals surface area contributed by atoms with Gasteiger partial charge in [-0.25, -0.2) is 17.8 Å². The van der Waals surface area contributed by atoms with Gasteiger partial charge < -0.3 is 9.30 Å². The number of amides is 1. The first-order valence-corrected chi connectivity index (χ1v) is 9.56. The Bertz CT molecular complexity index is 941. The van der Waals surface area contributed by atoms with Crippen molar-refractivity contribution in [2.45, 2.75) is 11.7 Å². The van der Waals surface area contributed by atoms with Crippen LogP contribution in [0.4, 0.5) is 4.39 Å². The molecule has 3 rings (SSSR count). The molecule has 1 atom stereocenters. The van der Waals surface area contributed by atoms with Crippen LogP contribution in [-0.2, 0) is 21.8 Å². The van der Waals surface area contributed by atoms with Gasteiger partial charge in [0.15, 0.2) is 5.82 Å². The molecule has 8 nitrogen and oxygen atoms in total. The number of carbonyl (C=O) groups excluding carboxylic acids is 1. The van der Waals surface area contributed by atoms with Crippen LogP contribution in [-0.4, -0.2) is 42.3 Å². The number of sulfonamides is 1. The van der Waals surface area contributed by atoms with Gasteiger partial charge in [0.25, 0.3) is 5.91 Å². The van der Waals surface area contributed by atoms with Gasteiger partial charge in [-0.2, -0.15) is 0 Å². The fourth-order valence-electron chi connectivity index (χ4n) is 2.49. The quantitative estimate of drug-likeness (QED) is 0.732. The average Bonchev–Trinajstić information content (AvgIpc) is 3.27. The molecule has 1 saturated heterocycles. The molecule has 11 heteroatoms. The summed E-state index contributed by atoms with van der Waals surface area (Å²) in [5.74, 6) is -1.92. The van der Waals surface area contributed by atoms with Crippen molar-refractivity contribution >= 4 is 27.5 Å². The van der Waals surface area contributed by atoms with E-state index in [1.807, 2.05) is 10.3 Å². The molecule has 1 aromatic carbocycles. The maximum Gasteiger partial charge on any atom is 0.269 e. The van der Waals surface area contributed by atoms with Crippen LogP contribution in [0.3, 0.4) is 0 Å². The lowest BCUT2D eigenvalue weighted by atomic mass is 10.1. The van der Waals surface area contributed by atoms with E-state index < -0.39 is 32.6 Å². The highest BCUT2D eigenvalue weighted by Crippen LogP contribution is 2.27. The maximum absolute atomic E-state index is 14.3. The third kappa shape index (κ3) is 3.88. The van der Waals surface area contributed by atoms with Gasteiger partial charge >= 0.3 is 0 Å². The standard InChI is InChI=1S/C15H16ClFN4O4S/c1-21-6-13(18-8-21)9-4-11(14(17)12(16)5-9)15(22)19-20-26(23,24)10-2-3-25-7-10/h4-6,8,10,20H,2-3,7H2,1H3,(H,19,22). The number of rotatable bonds is 5. The second kappa shape index (κ2) is 7.31. The zero-order valence-electron chi connectivity index (χ0n) is 13.7. The molecule has 0 aliphatic carbocycles. The normalized spacial score (nSPS) is 17.4. The molecular weight excluding hydrogens is 387 g/mol. The Morgan fingerprint density at radius 2 is 2.23 bits per heavy atom. The lowest BCUT2D eigenvalue weighted by molar-refractivity contribution is 0.0941. The first kappa shape index (κ1) is 18.8. The zero-order valence-corrected chi connectivity index (χ0v) is 15.3. The van der Waals surface area contributed by atoms with Crippen molar-refractivity contribution in [1.29, 1.82) is 0 Å². The minimum atomic E-state index is -3.82. The zero-order chi connectivity index (χ0) is 18.9. The Labute approximate surface area is 154 Å². The average molecular weight is 403 g/mol. The molecule has 2 aromatic rings. The van der Waals surface area contributed by atoms with Gasteiger partial charge in [-0.1, -0.05) is 11.6 Å². The Morgan fingerprint density at radius 1 is 1.46 bits per heavy atom. The topological polar surface area (TPSA) is 102 Å². The number of carbonyl (C=O) groups is 1. The van der Waals surface area contributed by atoms with E-state index in [9.17, 15) is 17.6 Å². The van der Waals surface area contributed by atoms with Crippen molar-refractivity contribution < 1.29 is 22.3 Å². The van der Waals surface area contributed by atoms with Gasteiger partial charge in [0.2, 0.25) is 10.0 Å². The maximum atomic E-state index is 14.3. The third-order valence-corrected chi connectivity index (χ3v) is 5.82. The van der Waals surface area contributed by atoms with Crippen molar-refractivity contribution in [2.24, 2.45) is 7.05 Å². The van der Waals surface area contributed by atoms with Crippen LogP contribution in [0, 0.1) is 5.82 Å². The summed E-state index contributed by atoms with van der Waals surface area (Å²) in [6.07, 6.45) is 3.54. The molecule has 0 radical (unpaired) electrons. The molecule has 1 aliphatic rings. The monoisotopic (exact) mass is 402 g/mol. The number of imidazole rings is 1. The lowest BCUT2D eigenvalue weighted by Crippen LogP contribution is -2.46. The second-order valence-electron chi connectivity index (χ2n) is 5.83. The molecule has 2 heterocycles. The van der Waals surface area contributed by atoms with Crippen LogP contribution >= 0.6 is 11.6 Å². The minimum Gasteiger partial charge on any atom is -0.380 e. The van der Waals surface area contributed by atoms with E-state index in [0.717, 1.165) is 0 Å². The van der Waals surface area contributed by atoms with Gasteiger partial charge in [-0.15, -0.1) is 4.83 Å². The molecule has 1 fully saturated rings. The summed E-state index contributed by atoms with van der Waals surface area (Å²) in [7, 11) is -2.06. The highest BCUT2D eigenvalue weighted by molar-refractivity contribution is 7.90.